The number of carbonyl (C=O) groups excluding carboxylic acids is 1. The van der Waals surface area contributed by atoms with E-state index < -0.39 is 11.4 Å². The van der Waals surface area contributed by atoms with Crippen LogP contribution in [0.25, 0.3) is 0 Å². The molecule has 5 heteroatoms. The van der Waals surface area contributed by atoms with Crippen molar-refractivity contribution in [3.05, 3.63) is 0 Å². The zero-order valence-corrected chi connectivity index (χ0v) is 13.4. The Labute approximate surface area is 127 Å². The van der Waals surface area contributed by atoms with Crippen LogP contribution in [0.4, 0.5) is 4.79 Å². The fourth-order valence-corrected chi connectivity index (χ4v) is 3.34. The van der Waals surface area contributed by atoms with Crippen molar-refractivity contribution in [2.45, 2.75) is 52.9 Å². The largest absolute Gasteiger partial charge is 0.481 e. The third-order valence-electron chi connectivity index (χ3n) is 5.85. The summed E-state index contributed by atoms with van der Waals surface area (Å²) in [6, 6.07) is -0.0305. The van der Waals surface area contributed by atoms with Crippen LogP contribution in [0.2, 0.25) is 0 Å². The van der Waals surface area contributed by atoms with Gasteiger partial charge in [-0.25, -0.2) is 4.79 Å². The number of hydrogen-bond acceptors (Lipinski definition) is 2. The zero-order valence-electron chi connectivity index (χ0n) is 13.4. The predicted octanol–water partition coefficient (Wildman–Crippen LogP) is 2.71. The zero-order chi connectivity index (χ0) is 15.7. The van der Waals surface area contributed by atoms with E-state index in [9.17, 15) is 14.7 Å². The first-order chi connectivity index (χ1) is 9.85. The second-order valence-corrected chi connectivity index (χ2v) is 7.10. The quantitative estimate of drug-likeness (QED) is 0.819. The van der Waals surface area contributed by atoms with Crippen LogP contribution in [-0.2, 0) is 4.79 Å². The van der Waals surface area contributed by atoms with Crippen molar-refractivity contribution in [3.8, 4) is 0 Å². The number of carbonyl (C=O) groups is 2. The number of hydrogen-bond donors (Lipinski definition) is 2. The Bertz CT molecular complexity index is 408. The molecule has 2 N–H and O–H groups in total. The van der Waals surface area contributed by atoms with Crippen molar-refractivity contribution >= 4 is 12.0 Å². The molecule has 2 rings (SSSR count). The molecular formula is C16H28N2O3. The highest BCUT2D eigenvalue weighted by atomic mass is 16.4. The van der Waals surface area contributed by atoms with Crippen molar-refractivity contribution in [2.24, 2.45) is 16.7 Å². The highest BCUT2D eigenvalue weighted by Crippen LogP contribution is 2.51. The van der Waals surface area contributed by atoms with Gasteiger partial charge in [0.05, 0.1) is 5.41 Å². The number of rotatable bonds is 5. The molecule has 0 atom stereocenters. The molecule has 1 saturated heterocycles. The summed E-state index contributed by atoms with van der Waals surface area (Å²) < 4.78 is 0. The Morgan fingerprint density at radius 3 is 2.14 bits per heavy atom. The molecule has 120 valence electrons. The number of piperidine rings is 1. The standard InChI is InChI=1S/C16H28N2O3/c1-4-15(13(19)20)7-9-18(10-8-15)14(21)17-11-16(5-6-16)12(2)3/h12H,4-11H2,1-3H3,(H,17,21)(H,19,20). The van der Waals surface area contributed by atoms with Crippen LogP contribution < -0.4 is 5.32 Å². The van der Waals surface area contributed by atoms with Crippen molar-refractivity contribution < 1.29 is 14.7 Å². The summed E-state index contributed by atoms with van der Waals surface area (Å²) in [4.78, 5) is 25.4. The third kappa shape index (κ3) is 3.16. The van der Waals surface area contributed by atoms with Crippen molar-refractivity contribution in [1.29, 1.82) is 0 Å². The van der Waals surface area contributed by atoms with Gasteiger partial charge < -0.3 is 15.3 Å². The lowest BCUT2D eigenvalue weighted by atomic mass is 9.76. The van der Waals surface area contributed by atoms with Crippen LogP contribution in [-0.4, -0.2) is 41.6 Å². The Morgan fingerprint density at radius 1 is 1.19 bits per heavy atom. The predicted molar refractivity (Wildman–Crippen MR) is 81.1 cm³/mol. The SMILES string of the molecule is CCC1(C(=O)O)CCN(C(=O)NCC2(C(C)C)CC2)CC1. The van der Waals surface area contributed by atoms with E-state index in [1.165, 1.54) is 12.8 Å². The Morgan fingerprint density at radius 2 is 1.76 bits per heavy atom. The molecule has 0 unspecified atom stereocenters. The van der Waals surface area contributed by atoms with E-state index in [1.54, 1.807) is 4.90 Å². The van der Waals surface area contributed by atoms with Gasteiger partial charge in [0.15, 0.2) is 0 Å². The van der Waals surface area contributed by atoms with Crippen LogP contribution in [0.15, 0.2) is 0 Å². The molecule has 0 spiro atoms. The minimum absolute atomic E-state index is 0.0305. The highest BCUT2D eigenvalue weighted by molar-refractivity contribution is 5.77. The summed E-state index contributed by atoms with van der Waals surface area (Å²) in [7, 11) is 0. The van der Waals surface area contributed by atoms with Crippen LogP contribution in [0.1, 0.15) is 52.9 Å². The van der Waals surface area contributed by atoms with E-state index in [1.807, 2.05) is 6.92 Å². The molecular weight excluding hydrogens is 268 g/mol. The molecule has 0 aromatic rings. The number of urea groups is 1. The van der Waals surface area contributed by atoms with E-state index in [2.05, 4.69) is 19.2 Å². The second kappa shape index (κ2) is 5.85. The molecule has 0 aromatic heterocycles. The minimum Gasteiger partial charge on any atom is -0.481 e. The summed E-state index contributed by atoms with van der Waals surface area (Å²) >= 11 is 0. The molecule has 1 saturated carbocycles. The first-order valence-electron chi connectivity index (χ1n) is 8.11. The average molecular weight is 296 g/mol. The first-order valence-corrected chi connectivity index (χ1v) is 8.11. The van der Waals surface area contributed by atoms with Gasteiger partial charge in [0, 0.05) is 19.6 Å². The van der Waals surface area contributed by atoms with Crippen LogP contribution in [0.5, 0.6) is 0 Å². The molecule has 21 heavy (non-hydrogen) atoms. The third-order valence-corrected chi connectivity index (χ3v) is 5.85. The average Bonchev–Trinajstić information content (AvgIpc) is 3.26. The van der Waals surface area contributed by atoms with Gasteiger partial charge in [-0.05, 0) is 43.4 Å². The van der Waals surface area contributed by atoms with E-state index in [-0.39, 0.29) is 6.03 Å². The first kappa shape index (κ1) is 16.1. The monoisotopic (exact) mass is 296 g/mol. The van der Waals surface area contributed by atoms with Crippen LogP contribution in [0, 0.1) is 16.7 Å². The fraction of sp³-hybridized carbons (Fsp3) is 0.875. The molecule has 0 aromatic carbocycles. The molecule has 2 amide bonds. The number of amides is 2. The van der Waals surface area contributed by atoms with Gasteiger partial charge in [-0.1, -0.05) is 20.8 Å². The summed E-state index contributed by atoms with van der Waals surface area (Å²) in [6.07, 6.45) is 4.14. The van der Waals surface area contributed by atoms with Gasteiger partial charge >= 0.3 is 12.0 Å². The lowest BCUT2D eigenvalue weighted by Crippen LogP contribution is -2.50. The fourth-order valence-electron chi connectivity index (χ4n) is 3.34. The molecule has 2 fully saturated rings. The van der Waals surface area contributed by atoms with E-state index in [0.29, 0.717) is 43.7 Å². The highest BCUT2D eigenvalue weighted by Gasteiger charge is 2.46. The Balaban J connectivity index is 1.82. The maximum absolute atomic E-state index is 12.2. The Hall–Kier alpha value is -1.26. The molecule has 1 heterocycles. The molecule has 0 radical (unpaired) electrons. The summed E-state index contributed by atoms with van der Waals surface area (Å²) in [5.41, 5.74) is -0.327. The topological polar surface area (TPSA) is 69.6 Å². The van der Waals surface area contributed by atoms with Gasteiger partial charge in [0.25, 0.3) is 0 Å². The lowest BCUT2D eigenvalue weighted by molar-refractivity contribution is -0.151. The van der Waals surface area contributed by atoms with Gasteiger partial charge in [0.1, 0.15) is 0 Å². The lowest BCUT2D eigenvalue weighted by Gasteiger charge is -2.38. The van der Waals surface area contributed by atoms with Crippen molar-refractivity contribution in [1.82, 2.24) is 10.2 Å². The number of aliphatic carboxylic acids is 1. The van der Waals surface area contributed by atoms with Crippen molar-refractivity contribution in [2.75, 3.05) is 19.6 Å². The van der Waals surface area contributed by atoms with E-state index >= 15 is 0 Å². The second-order valence-electron chi connectivity index (χ2n) is 7.10. The number of nitrogens with one attached hydrogen (secondary N) is 1. The molecule has 1 aliphatic heterocycles. The van der Waals surface area contributed by atoms with E-state index in [0.717, 1.165) is 6.54 Å². The normalized spacial score (nSPS) is 23.0. The molecule has 1 aliphatic carbocycles. The van der Waals surface area contributed by atoms with Gasteiger partial charge in [-0.3, -0.25) is 4.79 Å². The summed E-state index contributed by atoms with van der Waals surface area (Å²) in [6.45, 7) is 8.17. The number of carboxylic acid groups (broad SMARTS) is 1. The van der Waals surface area contributed by atoms with E-state index in [4.69, 9.17) is 0 Å². The number of carboxylic acids is 1. The Kier molecular flexibility index (Phi) is 4.49. The maximum Gasteiger partial charge on any atom is 0.317 e. The van der Waals surface area contributed by atoms with Gasteiger partial charge in [0.2, 0.25) is 0 Å². The van der Waals surface area contributed by atoms with Gasteiger partial charge in [-0.2, -0.15) is 0 Å². The molecule has 0 bridgehead atoms. The number of nitrogens with zero attached hydrogens (tertiary/aromatic N) is 1. The molecule has 2 aliphatic rings. The molecule has 5 nitrogen and oxygen atoms in total. The van der Waals surface area contributed by atoms with Crippen molar-refractivity contribution in [3.63, 3.8) is 0 Å². The summed E-state index contributed by atoms with van der Waals surface area (Å²) in [5.74, 6) is -0.124. The minimum atomic E-state index is -0.721. The maximum atomic E-state index is 12.2. The number of likely N-dealkylation sites (tertiary alicyclic amines) is 1. The van der Waals surface area contributed by atoms with Crippen LogP contribution in [0.3, 0.4) is 0 Å². The smallest absolute Gasteiger partial charge is 0.317 e. The van der Waals surface area contributed by atoms with Crippen LogP contribution >= 0.6 is 0 Å². The summed E-state index contributed by atoms with van der Waals surface area (Å²) in [5, 5.41) is 12.4. The van der Waals surface area contributed by atoms with Gasteiger partial charge in [-0.15, -0.1) is 0 Å².